The lowest BCUT2D eigenvalue weighted by Gasteiger charge is -2.12. The molecule has 3 rings (SSSR count). The van der Waals surface area contributed by atoms with Crippen LogP contribution in [0.5, 0.6) is 5.75 Å². The summed E-state index contributed by atoms with van der Waals surface area (Å²) in [5, 5.41) is 10.6. The number of ether oxygens (including phenoxy) is 1. The number of amides is 1. The number of thioether (sulfide) groups is 1. The topological polar surface area (TPSA) is 79.2 Å². The van der Waals surface area contributed by atoms with Crippen LogP contribution in [0.3, 0.4) is 0 Å². The van der Waals surface area contributed by atoms with Crippen LogP contribution >= 0.6 is 11.8 Å². The molecule has 2 aromatic rings. The van der Waals surface area contributed by atoms with Gasteiger partial charge in [0.1, 0.15) is 11.4 Å². The predicted molar refractivity (Wildman–Crippen MR) is 111 cm³/mol. The van der Waals surface area contributed by atoms with E-state index in [1.807, 2.05) is 19.9 Å². The number of carbonyl (C=O) groups is 2. The van der Waals surface area contributed by atoms with Crippen LogP contribution in [0.4, 0.5) is 5.69 Å². The highest BCUT2D eigenvalue weighted by atomic mass is 32.2. The van der Waals surface area contributed by atoms with Crippen molar-refractivity contribution >= 4 is 40.6 Å². The molecule has 0 aliphatic carbocycles. The first-order chi connectivity index (χ1) is 13.4. The van der Waals surface area contributed by atoms with E-state index in [4.69, 9.17) is 0 Å². The number of benzene rings is 2. The average molecular weight is 396 g/mol. The Balaban J connectivity index is 1.89. The first-order valence-electron chi connectivity index (χ1n) is 8.71. The van der Waals surface area contributed by atoms with Gasteiger partial charge in [-0.25, -0.2) is 9.79 Å². The number of carbonyl (C=O) groups excluding carboxylic acids is 2. The van der Waals surface area contributed by atoms with E-state index < -0.39 is 5.97 Å². The number of aryl methyl sites for hydroxylation is 1. The summed E-state index contributed by atoms with van der Waals surface area (Å²) in [6, 6.07) is 12.0. The highest BCUT2D eigenvalue weighted by molar-refractivity contribution is 8.18. The Morgan fingerprint density at radius 2 is 1.96 bits per heavy atom. The molecule has 1 heterocycles. The van der Waals surface area contributed by atoms with Crippen LogP contribution in [0.25, 0.3) is 6.08 Å². The maximum Gasteiger partial charge on any atom is 0.337 e. The normalized spacial score (nSPS) is 16.8. The third-order valence-electron chi connectivity index (χ3n) is 4.18. The molecule has 1 N–H and O–H groups in total. The molecule has 1 aliphatic heterocycles. The van der Waals surface area contributed by atoms with Gasteiger partial charge in [-0.3, -0.25) is 9.69 Å². The maximum absolute atomic E-state index is 12.7. The van der Waals surface area contributed by atoms with Crippen molar-refractivity contribution in [1.82, 2.24) is 4.90 Å². The molecule has 0 unspecified atom stereocenters. The van der Waals surface area contributed by atoms with E-state index in [2.05, 4.69) is 9.73 Å². The summed E-state index contributed by atoms with van der Waals surface area (Å²) < 4.78 is 4.69. The second kappa shape index (κ2) is 8.31. The summed E-state index contributed by atoms with van der Waals surface area (Å²) in [6.07, 6.45) is 1.76. The lowest BCUT2D eigenvalue weighted by molar-refractivity contribution is -0.122. The first kappa shape index (κ1) is 19.7. The minimum atomic E-state index is -0.407. The number of hydrogen-bond acceptors (Lipinski definition) is 6. The Morgan fingerprint density at radius 3 is 2.57 bits per heavy atom. The minimum absolute atomic E-state index is 0.0763. The van der Waals surface area contributed by atoms with Crippen molar-refractivity contribution in [2.24, 2.45) is 4.99 Å². The molecule has 0 spiro atoms. The zero-order chi connectivity index (χ0) is 20.3. The second-order valence-corrected chi connectivity index (χ2v) is 7.17. The predicted octanol–water partition coefficient (Wildman–Crippen LogP) is 4.11. The zero-order valence-electron chi connectivity index (χ0n) is 15.8. The van der Waals surface area contributed by atoms with Gasteiger partial charge >= 0.3 is 5.97 Å². The Hall–Kier alpha value is -3.06. The van der Waals surface area contributed by atoms with E-state index in [-0.39, 0.29) is 11.7 Å². The molecule has 1 fully saturated rings. The minimum Gasteiger partial charge on any atom is -0.506 e. The fourth-order valence-corrected chi connectivity index (χ4v) is 3.74. The number of aliphatic imine (C=N–C) groups is 1. The van der Waals surface area contributed by atoms with E-state index >= 15 is 0 Å². The summed E-state index contributed by atoms with van der Waals surface area (Å²) in [6.45, 7) is 4.22. The molecule has 6 nitrogen and oxygen atoms in total. The fourth-order valence-electron chi connectivity index (χ4n) is 2.69. The molecule has 1 saturated heterocycles. The van der Waals surface area contributed by atoms with Crippen molar-refractivity contribution in [3.63, 3.8) is 0 Å². The number of phenolic OH excluding ortho intramolecular Hbond substituents is 1. The van der Waals surface area contributed by atoms with E-state index in [9.17, 15) is 14.7 Å². The van der Waals surface area contributed by atoms with Gasteiger partial charge in [-0.15, -0.1) is 0 Å². The lowest BCUT2D eigenvalue weighted by atomic mass is 10.1. The number of esters is 1. The quantitative estimate of drug-likeness (QED) is 0.621. The molecule has 0 saturated carbocycles. The van der Waals surface area contributed by atoms with Gasteiger partial charge in [0.2, 0.25) is 0 Å². The van der Waals surface area contributed by atoms with Gasteiger partial charge in [0.15, 0.2) is 5.17 Å². The van der Waals surface area contributed by atoms with Crippen LogP contribution in [-0.2, 0) is 9.53 Å². The number of phenols is 1. The van der Waals surface area contributed by atoms with Crippen LogP contribution in [-0.4, -0.2) is 40.7 Å². The van der Waals surface area contributed by atoms with Gasteiger partial charge < -0.3 is 9.84 Å². The molecule has 1 aliphatic rings. The number of hydrogen-bond donors (Lipinski definition) is 1. The first-order valence-corrected chi connectivity index (χ1v) is 9.52. The van der Waals surface area contributed by atoms with Crippen molar-refractivity contribution in [2.75, 3.05) is 13.7 Å². The molecule has 1 amide bonds. The third-order valence-corrected chi connectivity index (χ3v) is 5.19. The summed E-state index contributed by atoms with van der Waals surface area (Å²) in [5.74, 6) is -0.475. The number of aromatic hydroxyl groups is 1. The molecule has 2 aromatic carbocycles. The van der Waals surface area contributed by atoms with E-state index in [0.29, 0.717) is 27.9 Å². The van der Waals surface area contributed by atoms with Crippen molar-refractivity contribution in [3.05, 3.63) is 64.1 Å². The summed E-state index contributed by atoms with van der Waals surface area (Å²) >= 11 is 1.25. The van der Waals surface area contributed by atoms with Crippen LogP contribution in [0.15, 0.2) is 52.4 Å². The largest absolute Gasteiger partial charge is 0.506 e. The molecular weight excluding hydrogens is 376 g/mol. The highest BCUT2D eigenvalue weighted by Gasteiger charge is 2.32. The van der Waals surface area contributed by atoms with Crippen LogP contribution < -0.4 is 0 Å². The summed E-state index contributed by atoms with van der Waals surface area (Å²) in [4.78, 5) is 30.8. The molecule has 0 atom stereocenters. The Bertz CT molecular complexity index is 980. The molecule has 0 aromatic heterocycles. The number of likely N-dealkylation sites (N-methyl/N-ethyl adjacent to an activating group) is 1. The van der Waals surface area contributed by atoms with Gasteiger partial charge in [-0.1, -0.05) is 18.2 Å². The lowest BCUT2D eigenvalue weighted by Crippen LogP contribution is -2.28. The second-order valence-electron chi connectivity index (χ2n) is 6.16. The van der Waals surface area contributed by atoms with E-state index in [1.54, 1.807) is 47.4 Å². The van der Waals surface area contributed by atoms with Gasteiger partial charge in [0.25, 0.3) is 5.91 Å². The maximum atomic E-state index is 12.7. The van der Waals surface area contributed by atoms with Gasteiger partial charge in [0, 0.05) is 6.54 Å². The number of methoxy groups -OCH3 is 1. The summed E-state index contributed by atoms with van der Waals surface area (Å²) in [5.41, 5.74) is 2.59. The Kier molecular flexibility index (Phi) is 5.84. The third kappa shape index (κ3) is 4.09. The van der Waals surface area contributed by atoms with Crippen molar-refractivity contribution in [1.29, 1.82) is 0 Å². The number of nitrogens with zero attached hydrogens (tertiary/aromatic N) is 2. The van der Waals surface area contributed by atoms with E-state index in [1.165, 1.54) is 18.9 Å². The van der Waals surface area contributed by atoms with Crippen LogP contribution in [0, 0.1) is 6.92 Å². The van der Waals surface area contributed by atoms with Crippen molar-refractivity contribution < 1.29 is 19.4 Å². The molecule has 0 bridgehead atoms. The van der Waals surface area contributed by atoms with Crippen molar-refractivity contribution in [3.8, 4) is 5.75 Å². The van der Waals surface area contributed by atoms with Crippen LogP contribution in [0.2, 0.25) is 0 Å². The standard InChI is InChI=1S/C21H20N2O4S/c1-4-23-19(25)18(12-14-6-8-15(9-7-14)20(26)27-3)28-21(23)22-16-10-5-13(2)11-17(16)24/h5-12,24H,4H2,1-3H3/b18-12-,22-21?. The average Bonchev–Trinajstić information content (AvgIpc) is 2.98. The SMILES string of the molecule is CCN1C(=O)/C(=C/c2ccc(C(=O)OC)cc2)SC1=Nc1ccc(C)cc1O. The summed E-state index contributed by atoms with van der Waals surface area (Å²) in [7, 11) is 1.33. The van der Waals surface area contributed by atoms with Gasteiger partial charge in [-0.05, 0) is 67.1 Å². The highest BCUT2D eigenvalue weighted by Crippen LogP contribution is 2.36. The van der Waals surface area contributed by atoms with Gasteiger partial charge in [-0.2, -0.15) is 0 Å². The van der Waals surface area contributed by atoms with Gasteiger partial charge in [0.05, 0.1) is 17.6 Å². The number of amidine groups is 1. The number of rotatable bonds is 4. The van der Waals surface area contributed by atoms with E-state index in [0.717, 1.165) is 11.1 Å². The molecule has 144 valence electrons. The molecule has 0 radical (unpaired) electrons. The fraction of sp³-hybridized carbons (Fsp3) is 0.190. The zero-order valence-corrected chi connectivity index (χ0v) is 16.6. The smallest absolute Gasteiger partial charge is 0.337 e. The molecule has 7 heteroatoms. The Morgan fingerprint density at radius 1 is 1.25 bits per heavy atom. The van der Waals surface area contributed by atoms with Crippen LogP contribution in [0.1, 0.15) is 28.4 Å². The monoisotopic (exact) mass is 396 g/mol. The molecular formula is C21H20N2O4S. The Labute approximate surface area is 167 Å². The van der Waals surface area contributed by atoms with Crippen molar-refractivity contribution in [2.45, 2.75) is 13.8 Å². The molecule has 28 heavy (non-hydrogen) atoms.